The normalized spacial score (nSPS) is 11.2. The molecule has 0 radical (unpaired) electrons. The number of carbonyl (C=O) groups excluding carboxylic acids is 4. The molecule has 11 heteroatoms. The zero-order valence-electron chi connectivity index (χ0n) is 22.0. The highest BCUT2D eigenvalue weighted by Gasteiger charge is 2.04. The van der Waals surface area contributed by atoms with E-state index in [1.807, 2.05) is 6.92 Å². The van der Waals surface area contributed by atoms with Crippen molar-refractivity contribution in [3.05, 3.63) is 0 Å². The summed E-state index contributed by atoms with van der Waals surface area (Å²) in [4.78, 5) is 43.4. The van der Waals surface area contributed by atoms with Gasteiger partial charge in [0.1, 0.15) is 5.78 Å². The predicted molar refractivity (Wildman–Crippen MR) is 133 cm³/mol. The maximum absolute atomic E-state index is 11.4. The Morgan fingerprint density at radius 3 is 1.71 bits per heavy atom. The van der Waals surface area contributed by atoms with Gasteiger partial charge in [-0.25, -0.2) is 0 Å². The summed E-state index contributed by atoms with van der Waals surface area (Å²) in [5.41, 5.74) is 5.00. The van der Waals surface area contributed by atoms with E-state index in [1.54, 1.807) is 14.0 Å². The molecule has 0 aromatic heterocycles. The highest BCUT2D eigenvalue weighted by Crippen LogP contribution is 2.04. The van der Waals surface area contributed by atoms with Crippen molar-refractivity contribution in [2.45, 2.75) is 59.3 Å². The van der Waals surface area contributed by atoms with Crippen molar-refractivity contribution in [1.29, 1.82) is 0 Å². The number of hydrogen-bond acceptors (Lipinski definition) is 8. The lowest BCUT2D eigenvalue weighted by molar-refractivity contribution is -0.122. The van der Waals surface area contributed by atoms with Crippen LogP contribution in [0.25, 0.3) is 0 Å². The van der Waals surface area contributed by atoms with Gasteiger partial charge in [-0.1, -0.05) is 20.3 Å². The summed E-state index contributed by atoms with van der Waals surface area (Å²) in [6.07, 6.45) is 3.45. The average molecular weight is 506 g/mol. The number of primary amides is 1. The van der Waals surface area contributed by atoms with Gasteiger partial charge in [-0.15, -0.1) is 0 Å². The first-order valence-corrected chi connectivity index (χ1v) is 12.3. The second-order valence-electron chi connectivity index (χ2n) is 7.84. The van der Waals surface area contributed by atoms with Gasteiger partial charge in [0.05, 0.1) is 52.9 Å². The fraction of sp³-hybridized carbons (Fsp3) is 0.833. The van der Waals surface area contributed by atoms with Gasteiger partial charge < -0.3 is 35.3 Å². The standard InChI is InChI=1S/C17H33N3O7.C7H14O/c1-19-16(22)5-7-24-9-11-26-13-14-27-12-10-25-8-6-20-17(23)4-2-3-15(18)21;1-4-5-6(2)7(3)8/h2-14H2,1H3,(H2,18,21)(H,19,22)(H,20,23);6H,4-5H2,1-3H3. The number of hydrogen-bond donors (Lipinski definition) is 3. The highest BCUT2D eigenvalue weighted by atomic mass is 16.6. The molecule has 0 aromatic rings. The molecule has 0 fully saturated rings. The SMILES string of the molecule is CCCC(C)C(C)=O.CNC(=O)CCOCCOCCOCCOCCNC(=O)CCCC(N)=O. The van der Waals surface area contributed by atoms with Crippen LogP contribution in [0, 0.1) is 5.92 Å². The molecule has 0 saturated carbocycles. The minimum atomic E-state index is -0.400. The van der Waals surface area contributed by atoms with Crippen LogP contribution in [-0.4, -0.2) is 90.0 Å². The number of ether oxygens (including phenoxy) is 4. The van der Waals surface area contributed by atoms with E-state index in [0.717, 1.165) is 12.8 Å². The predicted octanol–water partition coefficient (Wildman–Crippen LogP) is 0.972. The third kappa shape index (κ3) is 29.9. The van der Waals surface area contributed by atoms with Crippen LogP contribution in [0.5, 0.6) is 0 Å². The number of nitrogens with two attached hydrogens (primary N) is 1. The lowest BCUT2D eigenvalue weighted by atomic mass is 10.0. The van der Waals surface area contributed by atoms with Gasteiger partial charge in [0.2, 0.25) is 17.7 Å². The Morgan fingerprint density at radius 2 is 1.29 bits per heavy atom. The Labute approximate surface area is 210 Å². The zero-order chi connectivity index (χ0) is 26.7. The van der Waals surface area contributed by atoms with Crippen LogP contribution in [0.3, 0.4) is 0 Å². The van der Waals surface area contributed by atoms with Crippen LogP contribution < -0.4 is 16.4 Å². The van der Waals surface area contributed by atoms with E-state index in [0.29, 0.717) is 78.0 Å². The monoisotopic (exact) mass is 505 g/mol. The van der Waals surface area contributed by atoms with Crippen molar-refractivity contribution >= 4 is 23.5 Å². The number of Topliss-reactive ketones (excluding diaryl/α,β-unsaturated/α-hetero) is 1. The summed E-state index contributed by atoms with van der Waals surface area (Å²) < 4.78 is 21.2. The number of nitrogens with one attached hydrogen (secondary N) is 2. The minimum Gasteiger partial charge on any atom is -0.379 e. The molecule has 1 unspecified atom stereocenters. The molecule has 35 heavy (non-hydrogen) atoms. The molecular weight excluding hydrogens is 458 g/mol. The van der Waals surface area contributed by atoms with Crippen LogP contribution in [-0.2, 0) is 38.1 Å². The van der Waals surface area contributed by atoms with Crippen molar-refractivity contribution in [2.24, 2.45) is 11.7 Å². The van der Waals surface area contributed by atoms with E-state index in [2.05, 4.69) is 17.6 Å². The van der Waals surface area contributed by atoms with Gasteiger partial charge in [-0.3, -0.25) is 19.2 Å². The van der Waals surface area contributed by atoms with Gasteiger partial charge in [0.15, 0.2) is 0 Å². The molecule has 0 aliphatic carbocycles. The van der Waals surface area contributed by atoms with Gasteiger partial charge in [0, 0.05) is 38.8 Å². The molecule has 0 rings (SSSR count). The number of carbonyl (C=O) groups is 4. The molecule has 206 valence electrons. The first kappa shape index (κ1) is 35.1. The third-order valence-corrected chi connectivity index (χ3v) is 4.68. The van der Waals surface area contributed by atoms with Crippen molar-refractivity contribution in [1.82, 2.24) is 10.6 Å². The van der Waals surface area contributed by atoms with Gasteiger partial charge >= 0.3 is 0 Å². The molecule has 1 atom stereocenters. The van der Waals surface area contributed by atoms with Gasteiger partial charge in [-0.05, 0) is 19.8 Å². The molecule has 0 heterocycles. The molecule has 0 aromatic carbocycles. The molecule has 0 aliphatic rings. The highest BCUT2D eigenvalue weighted by molar-refractivity contribution is 5.78. The number of rotatable bonds is 22. The lowest BCUT2D eigenvalue weighted by Crippen LogP contribution is -2.27. The van der Waals surface area contributed by atoms with Crippen LogP contribution in [0.15, 0.2) is 0 Å². The van der Waals surface area contributed by atoms with E-state index in [4.69, 9.17) is 24.7 Å². The first-order valence-electron chi connectivity index (χ1n) is 12.3. The van der Waals surface area contributed by atoms with Gasteiger partial charge in [0.25, 0.3) is 0 Å². The quantitative estimate of drug-likeness (QED) is 0.184. The van der Waals surface area contributed by atoms with Crippen LogP contribution in [0.4, 0.5) is 0 Å². The fourth-order valence-electron chi connectivity index (χ4n) is 2.46. The zero-order valence-corrected chi connectivity index (χ0v) is 22.0. The van der Waals surface area contributed by atoms with E-state index < -0.39 is 5.91 Å². The summed E-state index contributed by atoms with van der Waals surface area (Å²) in [6, 6.07) is 0. The summed E-state index contributed by atoms with van der Waals surface area (Å²) in [7, 11) is 1.59. The second kappa shape index (κ2) is 26.5. The van der Waals surface area contributed by atoms with E-state index in [9.17, 15) is 19.2 Å². The van der Waals surface area contributed by atoms with Gasteiger partial charge in [-0.2, -0.15) is 0 Å². The molecule has 0 bridgehead atoms. The van der Waals surface area contributed by atoms with Crippen molar-refractivity contribution in [3.63, 3.8) is 0 Å². The molecule has 0 aliphatic heterocycles. The Morgan fingerprint density at radius 1 is 0.771 bits per heavy atom. The Bertz CT molecular complexity index is 561. The number of ketones is 1. The van der Waals surface area contributed by atoms with E-state index >= 15 is 0 Å². The molecule has 0 saturated heterocycles. The molecule has 4 N–H and O–H groups in total. The molecule has 11 nitrogen and oxygen atoms in total. The minimum absolute atomic E-state index is 0.0471. The summed E-state index contributed by atoms with van der Waals surface area (Å²) in [6.45, 7) is 9.60. The Balaban J connectivity index is 0. The smallest absolute Gasteiger partial charge is 0.222 e. The molecular formula is C24H47N3O8. The lowest BCUT2D eigenvalue weighted by Gasteiger charge is -2.08. The van der Waals surface area contributed by atoms with E-state index in [-0.39, 0.29) is 30.6 Å². The Hall–Kier alpha value is -2.08. The largest absolute Gasteiger partial charge is 0.379 e. The van der Waals surface area contributed by atoms with Crippen molar-refractivity contribution < 1.29 is 38.1 Å². The van der Waals surface area contributed by atoms with Crippen LogP contribution in [0.2, 0.25) is 0 Å². The maximum Gasteiger partial charge on any atom is 0.222 e. The summed E-state index contributed by atoms with van der Waals surface area (Å²) in [5, 5.41) is 5.21. The number of amides is 3. The topological polar surface area (TPSA) is 155 Å². The van der Waals surface area contributed by atoms with Crippen molar-refractivity contribution in [3.8, 4) is 0 Å². The van der Waals surface area contributed by atoms with E-state index in [1.165, 1.54) is 0 Å². The van der Waals surface area contributed by atoms with Crippen LogP contribution in [0.1, 0.15) is 59.3 Å². The fourth-order valence-corrected chi connectivity index (χ4v) is 2.46. The molecule has 3 amide bonds. The summed E-state index contributed by atoms with van der Waals surface area (Å²) >= 11 is 0. The van der Waals surface area contributed by atoms with Crippen molar-refractivity contribution in [2.75, 3.05) is 66.4 Å². The average Bonchev–Trinajstić information content (AvgIpc) is 2.81. The second-order valence-corrected chi connectivity index (χ2v) is 7.84. The van der Waals surface area contributed by atoms with Crippen LogP contribution >= 0.6 is 0 Å². The summed E-state index contributed by atoms with van der Waals surface area (Å²) in [5.74, 6) is 0.0227. The Kier molecular flexibility index (Phi) is 26.6. The third-order valence-electron chi connectivity index (χ3n) is 4.68. The first-order chi connectivity index (χ1) is 16.7. The maximum atomic E-state index is 11.4. The molecule has 0 spiro atoms.